The molecule has 0 radical (unpaired) electrons. The summed E-state index contributed by atoms with van der Waals surface area (Å²) in [4.78, 5) is -0.699. The molecule has 0 bridgehead atoms. The van der Waals surface area contributed by atoms with E-state index in [-0.39, 0.29) is 20.2 Å². The standard InChI is InChI=1S/C19H14Br2O5S2/c1-12-8-17(22)19(28(25,26)16-7-3-5-14(21)10-16)11-18(12)27(23,24)15-6-2-4-13(20)9-15/h2-11,22H,1H3. The molecule has 3 rings (SSSR count). The molecule has 28 heavy (non-hydrogen) atoms. The van der Waals surface area contributed by atoms with E-state index in [9.17, 15) is 21.9 Å². The molecule has 0 spiro atoms. The van der Waals surface area contributed by atoms with E-state index in [1.54, 1.807) is 24.3 Å². The highest BCUT2D eigenvalue weighted by Crippen LogP contribution is 2.35. The van der Waals surface area contributed by atoms with Gasteiger partial charge in [-0.1, -0.05) is 44.0 Å². The van der Waals surface area contributed by atoms with Gasteiger partial charge in [0.25, 0.3) is 0 Å². The van der Waals surface area contributed by atoms with Crippen LogP contribution in [0.3, 0.4) is 0 Å². The van der Waals surface area contributed by atoms with Crippen molar-refractivity contribution in [2.45, 2.75) is 26.5 Å². The fraction of sp³-hybridized carbons (Fsp3) is 0.0526. The lowest BCUT2D eigenvalue weighted by molar-refractivity contribution is 0.457. The highest BCUT2D eigenvalue weighted by atomic mass is 79.9. The summed E-state index contributed by atoms with van der Waals surface area (Å²) in [5, 5.41) is 10.3. The minimum atomic E-state index is -4.14. The van der Waals surface area contributed by atoms with Crippen LogP contribution in [-0.2, 0) is 19.7 Å². The number of phenolic OH excluding ortho intramolecular Hbond substituents is 1. The van der Waals surface area contributed by atoms with Gasteiger partial charge in [0.15, 0.2) is 0 Å². The molecule has 0 unspecified atom stereocenters. The molecule has 0 fully saturated rings. The normalized spacial score (nSPS) is 12.1. The first-order valence-corrected chi connectivity index (χ1v) is 12.4. The Morgan fingerprint density at radius 2 is 1.18 bits per heavy atom. The second-order valence-electron chi connectivity index (χ2n) is 6.01. The smallest absolute Gasteiger partial charge is 0.210 e. The number of halogens is 2. The predicted molar refractivity (Wildman–Crippen MR) is 112 cm³/mol. The Bertz CT molecular complexity index is 1190. The molecule has 3 aromatic carbocycles. The van der Waals surface area contributed by atoms with Crippen molar-refractivity contribution in [1.29, 1.82) is 0 Å². The van der Waals surface area contributed by atoms with E-state index in [2.05, 4.69) is 31.9 Å². The van der Waals surface area contributed by atoms with E-state index in [1.807, 2.05) is 0 Å². The summed E-state index contributed by atoms with van der Waals surface area (Å²) in [5.41, 5.74) is 0.241. The van der Waals surface area contributed by atoms with Gasteiger partial charge >= 0.3 is 0 Å². The van der Waals surface area contributed by atoms with Crippen molar-refractivity contribution < 1.29 is 21.9 Å². The highest BCUT2D eigenvalue weighted by Gasteiger charge is 2.28. The molecule has 0 aliphatic rings. The van der Waals surface area contributed by atoms with Crippen LogP contribution in [0.4, 0.5) is 0 Å². The first-order valence-electron chi connectivity index (χ1n) is 7.88. The van der Waals surface area contributed by atoms with Gasteiger partial charge in [-0.3, -0.25) is 0 Å². The number of phenols is 1. The average Bonchev–Trinajstić information content (AvgIpc) is 2.61. The molecule has 0 aliphatic heterocycles. The molecule has 3 aromatic rings. The second-order valence-corrected chi connectivity index (χ2v) is 11.7. The fourth-order valence-corrected chi connectivity index (χ4v) is 6.81. The molecule has 0 aromatic heterocycles. The van der Waals surface area contributed by atoms with Crippen LogP contribution in [0.5, 0.6) is 5.75 Å². The maximum atomic E-state index is 13.1. The minimum absolute atomic E-state index is 0.0152. The van der Waals surface area contributed by atoms with Crippen molar-refractivity contribution >= 4 is 51.5 Å². The first-order chi connectivity index (χ1) is 13.0. The first kappa shape index (κ1) is 21.0. The maximum absolute atomic E-state index is 13.1. The Labute approximate surface area is 180 Å². The molecule has 0 saturated heterocycles. The molecule has 5 nitrogen and oxygen atoms in total. The van der Waals surface area contributed by atoms with E-state index in [0.29, 0.717) is 8.95 Å². The van der Waals surface area contributed by atoms with E-state index >= 15 is 0 Å². The van der Waals surface area contributed by atoms with Crippen molar-refractivity contribution in [1.82, 2.24) is 0 Å². The Balaban J connectivity index is 2.25. The predicted octanol–water partition coefficient (Wildman–Crippen LogP) is 4.89. The molecular formula is C19H14Br2O5S2. The Kier molecular flexibility index (Phi) is 5.73. The molecule has 0 heterocycles. The SMILES string of the molecule is Cc1cc(O)c(S(=O)(=O)c2cccc(Br)c2)cc1S(=O)(=O)c1cccc(Br)c1. The minimum Gasteiger partial charge on any atom is -0.507 e. The third-order valence-corrected chi connectivity index (χ3v) is 8.71. The summed E-state index contributed by atoms with van der Waals surface area (Å²) in [5.74, 6) is -0.509. The van der Waals surface area contributed by atoms with Gasteiger partial charge in [-0.15, -0.1) is 0 Å². The molecule has 0 atom stereocenters. The summed E-state index contributed by atoms with van der Waals surface area (Å²) >= 11 is 6.45. The maximum Gasteiger partial charge on any atom is 0.210 e. The van der Waals surface area contributed by atoms with E-state index in [0.717, 1.165) is 12.1 Å². The number of rotatable bonds is 4. The van der Waals surface area contributed by atoms with Crippen molar-refractivity contribution in [2.24, 2.45) is 0 Å². The van der Waals surface area contributed by atoms with Crippen LogP contribution in [0.2, 0.25) is 0 Å². The number of hydrogen-bond donors (Lipinski definition) is 1. The quantitative estimate of drug-likeness (QED) is 0.504. The zero-order valence-electron chi connectivity index (χ0n) is 14.4. The molecule has 1 N–H and O–H groups in total. The van der Waals surface area contributed by atoms with Gasteiger partial charge in [0.2, 0.25) is 19.7 Å². The summed E-state index contributed by atoms with van der Waals surface area (Å²) in [6, 6.07) is 14.3. The lowest BCUT2D eigenvalue weighted by Crippen LogP contribution is -2.08. The van der Waals surface area contributed by atoms with Gasteiger partial charge in [0.05, 0.1) is 14.7 Å². The van der Waals surface area contributed by atoms with Crippen LogP contribution in [0.25, 0.3) is 0 Å². The van der Waals surface area contributed by atoms with Gasteiger partial charge in [0.1, 0.15) is 10.6 Å². The number of aryl methyl sites for hydroxylation is 1. The fourth-order valence-electron chi connectivity index (χ4n) is 2.68. The van der Waals surface area contributed by atoms with E-state index < -0.39 is 30.3 Å². The average molecular weight is 546 g/mol. The molecular weight excluding hydrogens is 532 g/mol. The van der Waals surface area contributed by atoms with Gasteiger partial charge < -0.3 is 5.11 Å². The van der Waals surface area contributed by atoms with Crippen molar-refractivity contribution in [3.05, 3.63) is 75.2 Å². The molecule has 0 aliphatic carbocycles. The molecule has 0 saturated carbocycles. The summed E-state index contributed by atoms with van der Waals surface area (Å²) in [6.07, 6.45) is 0. The van der Waals surface area contributed by atoms with Crippen molar-refractivity contribution in [3.8, 4) is 5.75 Å². The Morgan fingerprint density at radius 3 is 1.64 bits per heavy atom. The van der Waals surface area contributed by atoms with Crippen LogP contribution in [0, 0.1) is 6.92 Å². The van der Waals surface area contributed by atoms with Crippen LogP contribution in [0.1, 0.15) is 5.56 Å². The van der Waals surface area contributed by atoms with Gasteiger partial charge in [-0.2, -0.15) is 0 Å². The number of aromatic hydroxyl groups is 1. The largest absolute Gasteiger partial charge is 0.507 e. The highest BCUT2D eigenvalue weighted by molar-refractivity contribution is 9.10. The Morgan fingerprint density at radius 1 is 0.714 bits per heavy atom. The van der Waals surface area contributed by atoms with Crippen LogP contribution >= 0.6 is 31.9 Å². The number of sulfone groups is 2. The zero-order chi connectivity index (χ0) is 20.7. The summed E-state index contributed by atoms with van der Waals surface area (Å²) < 4.78 is 53.3. The summed E-state index contributed by atoms with van der Waals surface area (Å²) in [7, 11) is -8.13. The van der Waals surface area contributed by atoms with Crippen LogP contribution < -0.4 is 0 Å². The van der Waals surface area contributed by atoms with Gasteiger partial charge in [0, 0.05) is 8.95 Å². The molecule has 146 valence electrons. The van der Waals surface area contributed by atoms with Crippen molar-refractivity contribution in [2.75, 3.05) is 0 Å². The third kappa shape index (κ3) is 3.89. The topological polar surface area (TPSA) is 88.5 Å². The lowest BCUT2D eigenvalue weighted by atomic mass is 10.2. The van der Waals surface area contributed by atoms with Crippen LogP contribution in [-0.4, -0.2) is 21.9 Å². The van der Waals surface area contributed by atoms with Crippen molar-refractivity contribution in [3.63, 3.8) is 0 Å². The lowest BCUT2D eigenvalue weighted by Gasteiger charge is -2.13. The number of benzene rings is 3. The monoisotopic (exact) mass is 544 g/mol. The molecule has 0 amide bonds. The van der Waals surface area contributed by atoms with Gasteiger partial charge in [-0.25, -0.2) is 16.8 Å². The Hall–Kier alpha value is -1.68. The molecule has 9 heteroatoms. The second kappa shape index (κ2) is 7.62. The van der Waals surface area contributed by atoms with E-state index in [1.165, 1.54) is 31.2 Å². The number of hydrogen-bond acceptors (Lipinski definition) is 5. The third-order valence-electron chi connectivity index (χ3n) is 4.05. The summed E-state index contributed by atoms with van der Waals surface area (Å²) in [6.45, 7) is 1.50. The van der Waals surface area contributed by atoms with E-state index in [4.69, 9.17) is 0 Å². The van der Waals surface area contributed by atoms with Crippen LogP contribution in [0.15, 0.2) is 89.2 Å². The zero-order valence-corrected chi connectivity index (χ0v) is 19.2. The van der Waals surface area contributed by atoms with Gasteiger partial charge in [-0.05, 0) is 61.0 Å².